The van der Waals surface area contributed by atoms with E-state index in [0.29, 0.717) is 54.8 Å². The van der Waals surface area contributed by atoms with Gasteiger partial charge in [0.15, 0.2) is 0 Å². The molecule has 0 aliphatic carbocycles. The van der Waals surface area contributed by atoms with Gasteiger partial charge in [-0.15, -0.1) is 0 Å². The second-order valence-corrected chi connectivity index (χ2v) is 6.77. The number of amides is 1. The zero-order valence-corrected chi connectivity index (χ0v) is 16.3. The highest BCUT2D eigenvalue weighted by atomic mass is 19.1. The van der Waals surface area contributed by atoms with Gasteiger partial charge in [0.25, 0.3) is 5.91 Å². The fourth-order valence-electron chi connectivity index (χ4n) is 3.42. The van der Waals surface area contributed by atoms with Crippen LogP contribution in [0.5, 0.6) is 5.75 Å². The molecule has 0 atom stereocenters. The number of hydrogen-bond acceptors (Lipinski definition) is 6. The van der Waals surface area contributed by atoms with E-state index >= 15 is 0 Å². The van der Waals surface area contributed by atoms with E-state index in [4.69, 9.17) is 9.15 Å². The summed E-state index contributed by atoms with van der Waals surface area (Å²) >= 11 is 0. The number of para-hydroxylation sites is 1. The van der Waals surface area contributed by atoms with Crippen LogP contribution in [0.25, 0.3) is 11.5 Å². The van der Waals surface area contributed by atoms with Crippen LogP contribution in [0.2, 0.25) is 0 Å². The van der Waals surface area contributed by atoms with Crippen molar-refractivity contribution >= 4 is 11.8 Å². The number of anilines is 1. The van der Waals surface area contributed by atoms with E-state index in [9.17, 15) is 14.4 Å². The number of nitrogens with zero attached hydrogens (tertiary/aromatic N) is 4. The molecule has 0 radical (unpaired) electrons. The van der Waals surface area contributed by atoms with Gasteiger partial charge in [-0.1, -0.05) is 12.1 Å². The molecule has 152 valence electrons. The Morgan fingerprint density at radius 1 is 1.13 bits per heavy atom. The van der Waals surface area contributed by atoms with Crippen LogP contribution in [0, 0.1) is 17.1 Å². The molecule has 0 bridgehead atoms. The van der Waals surface area contributed by atoms with Gasteiger partial charge >= 0.3 is 0 Å². The molecule has 4 rings (SSSR count). The Hall–Kier alpha value is -3.86. The van der Waals surface area contributed by atoms with Crippen molar-refractivity contribution in [2.75, 3.05) is 38.2 Å². The van der Waals surface area contributed by atoms with E-state index in [1.54, 1.807) is 18.1 Å². The van der Waals surface area contributed by atoms with Gasteiger partial charge < -0.3 is 19.0 Å². The fraction of sp³-hybridized carbons (Fsp3) is 0.227. The molecular formula is C22H19FN4O3. The molecule has 7 nitrogen and oxygen atoms in total. The quantitative estimate of drug-likeness (QED) is 0.661. The van der Waals surface area contributed by atoms with Crippen LogP contribution >= 0.6 is 0 Å². The van der Waals surface area contributed by atoms with Gasteiger partial charge in [-0.3, -0.25) is 4.79 Å². The molecule has 1 aromatic heterocycles. The Labute approximate surface area is 172 Å². The molecule has 0 saturated carbocycles. The molecule has 2 aromatic carbocycles. The number of oxazole rings is 1. The summed E-state index contributed by atoms with van der Waals surface area (Å²) in [7, 11) is 1.56. The standard InChI is InChI=1S/C22H19FN4O3/c1-29-19-5-3-2-4-17(19)20-25-18(14-24)22(30-20)27-12-10-26(11-13-27)21(28)15-6-8-16(23)9-7-15/h2-9H,10-13H2,1H3. The molecule has 0 spiro atoms. The zero-order chi connectivity index (χ0) is 21.1. The van der Waals surface area contributed by atoms with Gasteiger partial charge in [0.2, 0.25) is 17.5 Å². The van der Waals surface area contributed by atoms with Gasteiger partial charge in [-0.25, -0.2) is 4.39 Å². The minimum absolute atomic E-state index is 0.151. The first kappa shape index (κ1) is 19.5. The first-order chi connectivity index (χ1) is 14.6. The molecule has 2 heterocycles. The SMILES string of the molecule is COc1ccccc1-c1nc(C#N)c(N2CCN(C(=O)c3ccc(F)cc3)CC2)o1. The number of piperazine rings is 1. The lowest BCUT2D eigenvalue weighted by Gasteiger charge is -2.34. The Balaban J connectivity index is 1.51. The van der Waals surface area contributed by atoms with E-state index in [1.165, 1.54) is 24.3 Å². The van der Waals surface area contributed by atoms with Crippen LogP contribution in [-0.2, 0) is 0 Å². The van der Waals surface area contributed by atoms with Gasteiger partial charge in [-0.2, -0.15) is 10.2 Å². The Bertz CT molecular complexity index is 1100. The Kier molecular flexibility index (Phi) is 5.35. The van der Waals surface area contributed by atoms with Crippen molar-refractivity contribution in [3.8, 4) is 23.3 Å². The lowest BCUT2D eigenvalue weighted by atomic mass is 10.2. The highest BCUT2D eigenvalue weighted by molar-refractivity contribution is 5.94. The topological polar surface area (TPSA) is 82.6 Å². The zero-order valence-electron chi connectivity index (χ0n) is 16.3. The van der Waals surface area contributed by atoms with Crippen LogP contribution < -0.4 is 9.64 Å². The van der Waals surface area contributed by atoms with Crippen molar-refractivity contribution < 1.29 is 18.3 Å². The number of carbonyl (C=O) groups excluding carboxylic acids is 1. The Morgan fingerprint density at radius 2 is 1.83 bits per heavy atom. The van der Waals surface area contributed by atoms with Crippen LogP contribution in [0.3, 0.4) is 0 Å². The monoisotopic (exact) mass is 406 g/mol. The van der Waals surface area contributed by atoms with Crippen molar-refractivity contribution in [1.29, 1.82) is 5.26 Å². The summed E-state index contributed by atoms with van der Waals surface area (Å²) < 4.78 is 24.4. The summed E-state index contributed by atoms with van der Waals surface area (Å²) in [6.07, 6.45) is 0. The summed E-state index contributed by atoms with van der Waals surface area (Å²) in [6, 6.07) is 14.9. The van der Waals surface area contributed by atoms with Crippen LogP contribution in [-0.4, -0.2) is 49.1 Å². The van der Waals surface area contributed by atoms with Crippen molar-refractivity contribution in [2.24, 2.45) is 0 Å². The van der Waals surface area contributed by atoms with Gasteiger partial charge in [0.05, 0.1) is 12.7 Å². The lowest BCUT2D eigenvalue weighted by Crippen LogP contribution is -2.48. The fourth-order valence-corrected chi connectivity index (χ4v) is 3.42. The molecule has 8 heteroatoms. The third-order valence-electron chi connectivity index (χ3n) is 5.00. The van der Waals surface area contributed by atoms with E-state index in [-0.39, 0.29) is 17.4 Å². The minimum atomic E-state index is -0.378. The number of benzene rings is 2. The largest absolute Gasteiger partial charge is 0.496 e. The smallest absolute Gasteiger partial charge is 0.253 e. The van der Waals surface area contributed by atoms with Gasteiger partial charge in [-0.05, 0) is 36.4 Å². The van der Waals surface area contributed by atoms with E-state index in [2.05, 4.69) is 11.1 Å². The van der Waals surface area contributed by atoms with Crippen molar-refractivity contribution in [3.05, 3.63) is 65.6 Å². The van der Waals surface area contributed by atoms with Gasteiger partial charge in [0.1, 0.15) is 17.6 Å². The number of nitriles is 1. The molecule has 1 aliphatic rings. The molecular weight excluding hydrogens is 387 g/mol. The second kappa shape index (κ2) is 8.25. The molecule has 1 aliphatic heterocycles. The summed E-state index contributed by atoms with van der Waals surface area (Å²) in [5.41, 5.74) is 1.29. The molecule has 3 aromatic rings. The second-order valence-electron chi connectivity index (χ2n) is 6.77. The summed E-state index contributed by atoms with van der Waals surface area (Å²) in [5, 5.41) is 9.52. The van der Waals surface area contributed by atoms with Gasteiger partial charge in [0, 0.05) is 31.7 Å². The normalized spacial score (nSPS) is 13.8. The lowest BCUT2D eigenvalue weighted by molar-refractivity contribution is 0.0745. The number of rotatable bonds is 4. The minimum Gasteiger partial charge on any atom is -0.496 e. The van der Waals surface area contributed by atoms with Crippen LogP contribution in [0.1, 0.15) is 16.1 Å². The predicted octanol–water partition coefficient (Wildman–Crippen LogP) is 3.32. The van der Waals surface area contributed by atoms with Crippen LogP contribution in [0.15, 0.2) is 52.9 Å². The third kappa shape index (κ3) is 3.70. The number of carbonyl (C=O) groups is 1. The highest BCUT2D eigenvalue weighted by Gasteiger charge is 2.27. The number of aromatic nitrogens is 1. The van der Waals surface area contributed by atoms with E-state index in [0.717, 1.165) is 0 Å². The number of hydrogen-bond donors (Lipinski definition) is 0. The van der Waals surface area contributed by atoms with Crippen molar-refractivity contribution in [2.45, 2.75) is 0 Å². The van der Waals surface area contributed by atoms with E-state index in [1.807, 2.05) is 23.1 Å². The molecule has 0 unspecified atom stereocenters. The summed E-state index contributed by atoms with van der Waals surface area (Å²) in [5.74, 6) is 0.764. The molecule has 1 amide bonds. The number of methoxy groups -OCH3 is 1. The van der Waals surface area contributed by atoms with Crippen molar-refractivity contribution in [1.82, 2.24) is 9.88 Å². The molecule has 1 fully saturated rings. The highest BCUT2D eigenvalue weighted by Crippen LogP contribution is 2.33. The van der Waals surface area contributed by atoms with E-state index < -0.39 is 0 Å². The first-order valence-corrected chi connectivity index (χ1v) is 9.45. The number of halogens is 1. The Morgan fingerprint density at radius 3 is 2.50 bits per heavy atom. The van der Waals surface area contributed by atoms with Crippen LogP contribution in [0.4, 0.5) is 10.3 Å². The maximum atomic E-state index is 13.1. The average molecular weight is 406 g/mol. The average Bonchev–Trinajstić information content (AvgIpc) is 3.23. The molecule has 0 N–H and O–H groups in total. The maximum absolute atomic E-state index is 13.1. The molecule has 1 saturated heterocycles. The molecule has 30 heavy (non-hydrogen) atoms. The first-order valence-electron chi connectivity index (χ1n) is 9.45. The summed E-state index contributed by atoms with van der Waals surface area (Å²) in [4.78, 5) is 20.6. The summed E-state index contributed by atoms with van der Waals surface area (Å²) in [6.45, 7) is 1.88. The predicted molar refractivity (Wildman–Crippen MR) is 108 cm³/mol. The third-order valence-corrected chi connectivity index (χ3v) is 5.00. The maximum Gasteiger partial charge on any atom is 0.253 e. The number of ether oxygens (including phenoxy) is 1. The van der Waals surface area contributed by atoms with Crippen molar-refractivity contribution in [3.63, 3.8) is 0 Å².